The van der Waals surface area contributed by atoms with Gasteiger partial charge in [0, 0.05) is 24.7 Å². The molecule has 1 N–H and O–H groups in total. The highest BCUT2D eigenvalue weighted by Gasteiger charge is 2.06. The Bertz CT molecular complexity index is 557. The number of nitrogens with zero attached hydrogens (tertiary/aromatic N) is 2. The first-order valence-electron chi connectivity index (χ1n) is 6.80. The molecule has 0 saturated heterocycles. The molecule has 0 aliphatic heterocycles. The fourth-order valence-electron chi connectivity index (χ4n) is 2.10. The van der Waals surface area contributed by atoms with Gasteiger partial charge in [-0.2, -0.15) is 0 Å². The van der Waals surface area contributed by atoms with Crippen LogP contribution < -0.4 is 5.32 Å². The highest BCUT2D eigenvalue weighted by molar-refractivity contribution is 6.31. The van der Waals surface area contributed by atoms with Gasteiger partial charge in [-0.15, -0.1) is 0 Å². The van der Waals surface area contributed by atoms with Crippen LogP contribution >= 0.6 is 11.6 Å². The average molecular weight is 290 g/mol. The first kappa shape index (κ1) is 14.8. The molecule has 0 bridgehead atoms. The first-order chi connectivity index (χ1) is 9.69. The third-order valence-electron chi connectivity index (χ3n) is 2.99. The molecular formula is C16H20ClN3. The van der Waals surface area contributed by atoms with Crippen LogP contribution in [0.2, 0.25) is 5.02 Å². The van der Waals surface area contributed by atoms with Crippen molar-refractivity contribution in [3.05, 3.63) is 58.7 Å². The molecule has 0 aliphatic carbocycles. The Balaban J connectivity index is 1.99. The van der Waals surface area contributed by atoms with Crippen molar-refractivity contribution in [3.63, 3.8) is 0 Å². The molecular weight excluding hydrogens is 270 g/mol. The van der Waals surface area contributed by atoms with Crippen molar-refractivity contribution in [2.45, 2.75) is 20.0 Å². The summed E-state index contributed by atoms with van der Waals surface area (Å²) in [5.41, 5.74) is 2.19. The summed E-state index contributed by atoms with van der Waals surface area (Å²) >= 11 is 6.19. The predicted molar refractivity (Wildman–Crippen MR) is 85.0 cm³/mol. The summed E-state index contributed by atoms with van der Waals surface area (Å²) in [6.07, 6.45) is 0. The molecule has 106 valence electrons. The normalized spacial score (nSPS) is 10.8. The molecule has 2 rings (SSSR count). The summed E-state index contributed by atoms with van der Waals surface area (Å²) in [7, 11) is 2.07. The SMILES string of the molecule is CCNc1cccc(CN(C)Cc2ccccc2Cl)n1. The molecule has 1 aromatic carbocycles. The zero-order chi connectivity index (χ0) is 14.4. The van der Waals surface area contributed by atoms with Crippen LogP contribution in [-0.2, 0) is 13.1 Å². The largest absolute Gasteiger partial charge is 0.370 e. The van der Waals surface area contributed by atoms with Crippen molar-refractivity contribution < 1.29 is 0 Å². The minimum atomic E-state index is 0.796. The molecule has 3 nitrogen and oxygen atoms in total. The van der Waals surface area contributed by atoms with Gasteiger partial charge >= 0.3 is 0 Å². The van der Waals surface area contributed by atoms with Crippen molar-refractivity contribution in [1.29, 1.82) is 0 Å². The van der Waals surface area contributed by atoms with Gasteiger partial charge in [-0.05, 0) is 37.7 Å². The van der Waals surface area contributed by atoms with Gasteiger partial charge in [-0.25, -0.2) is 4.98 Å². The van der Waals surface area contributed by atoms with E-state index in [0.29, 0.717) is 0 Å². The average Bonchev–Trinajstić information content (AvgIpc) is 2.42. The Morgan fingerprint density at radius 1 is 1.10 bits per heavy atom. The highest BCUT2D eigenvalue weighted by Crippen LogP contribution is 2.17. The van der Waals surface area contributed by atoms with E-state index in [9.17, 15) is 0 Å². The molecule has 0 unspecified atom stereocenters. The topological polar surface area (TPSA) is 28.2 Å². The number of hydrogen-bond acceptors (Lipinski definition) is 3. The Kier molecular flexibility index (Phi) is 5.39. The Hall–Kier alpha value is -1.58. The Morgan fingerprint density at radius 2 is 1.90 bits per heavy atom. The molecule has 0 aliphatic rings. The van der Waals surface area contributed by atoms with Gasteiger partial charge in [0.2, 0.25) is 0 Å². The molecule has 2 aromatic rings. The fourth-order valence-corrected chi connectivity index (χ4v) is 2.29. The maximum atomic E-state index is 6.19. The van der Waals surface area contributed by atoms with Crippen molar-refractivity contribution >= 4 is 17.4 Å². The number of benzene rings is 1. The van der Waals surface area contributed by atoms with Gasteiger partial charge in [0.15, 0.2) is 0 Å². The van der Waals surface area contributed by atoms with Crippen LogP contribution in [0.1, 0.15) is 18.2 Å². The number of rotatable bonds is 6. The number of hydrogen-bond donors (Lipinski definition) is 1. The standard InChI is InChI=1S/C16H20ClN3/c1-3-18-16-10-6-8-14(19-16)12-20(2)11-13-7-4-5-9-15(13)17/h4-10H,3,11-12H2,1-2H3,(H,18,19). The second kappa shape index (κ2) is 7.27. The van der Waals surface area contributed by atoms with E-state index in [-0.39, 0.29) is 0 Å². The number of halogens is 1. The van der Waals surface area contributed by atoms with Crippen molar-refractivity contribution in [1.82, 2.24) is 9.88 Å². The van der Waals surface area contributed by atoms with E-state index in [1.807, 2.05) is 36.4 Å². The van der Waals surface area contributed by atoms with Crippen LogP contribution in [-0.4, -0.2) is 23.5 Å². The van der Waals surface area contributed by atoms with Gasteiger partial charge < -0.3 is 5.32 Å². The number of nitrogens with one attached hydrogen (secondary N) is 1. The van der Waals surface area contributed by atoms with Crippen molar-refractivity contribution in [2.75, 3.05) is 18.9 Å². The third kappa shape index (κ3) is 4.22. The molecule has 0 fully saturated rings. The summed E-state index contributed by atoms with van der Waals surface area (Å²) in [6, 6.07) is 14.0. The van der Waals surface area contributed by atoms with E-state index in [1.54, 1.807) is 0 Å². The second-order valence-electron chi connectivity index (χ2n) is 4.81. The zero-order valence-electron chi connectivity index (χ0n) is 11.9. The lowest BCUT2D eigenvalue weighted by Crippen LogP contribution is -2.18. The lowest BCUT2D eigenvalue weighted by atomic mass is 10.2. The summed E-state index contributed by atoms with van der Waals surface area (Å²) < 4.78 is 0. The quantitative estimate of drug-likeness (QED) is 0.877. The van der Waals surface area contributed by atoms with E-state index < -0.39 is 0 Å². The summed E-state index contributed by atoms with van der Waals surface area (Å²) in [5.74, 6) is 0.927. The minimum Gasteiger partial charge on any atom is -0.370 e. The van der Waals surface area contributed by atoms with Gasteiger partial charge in [0.1, 0.15) is 5.82 Å². The smallest absolute Gasteiger partial charge is 0.126 e. The lowest BCUT2D eigenvalue weighted by Gasteiger charge is -2.17. The fraction of sp³-hybridized carbons (Fsp3) is 0.312. The van der Waals surface area contributed by atoms with Gasteiger partial charge in [-0.1, -0.05) is 35.9 Å². The number of anilines is 1. The molecule has 1 aromatic heterocycles. The number of pyridine rings is 1. The van der Waals surface area contributed by atoms with Crippen molar-refractivity contribution in [2.24, 2.45) is 0 Å². The summed E-state index contributed by atoms with van der Waals surface area (Å²) in [4.78, 5) is 6.79. The van der Waals surface area contributed by atoms with Gasteiger partial charge in [-0.3, -0.25) is 4.90 Å². The minimum absolute atomic E-state index is 0.796. The molecule has 0 radical (unpaired) electrons. The third-order valence-corrected chi connectivity index (χ3v) is 3.36. The highest BCUT2D eigenvalue weighted by atomic mass is 35.5. The van der Waals surface area contributed by atoms with Gasteiger partial charge in [0.05, 0.1) is 5.69 Å². The molecule has 0 amide bonds. The zero-order valence-corrected chi connectivity index (χ0v) is 12.7. The summed E-state index contributed by atoms with van der Waals surface area (Å²) in [5, 5.41) is 4.04. The molecule has 1 heterocycles. The summed E-state index contributed by atoms with van der Waals surface area (Å²) in [6.45, 7) is 4.56. The van der Waals surface area contributed by atoms with Crippen LogP contribution in [0.5, 0.6) is 0 Å². The van der Waals surface area contributed by atoms with Crippen LogP contribution in [0.15, 0.2) is 42.5 Å². The molecule has 4 heteroatoms. The monoisotopic (exact) mass is 289 g/mol. The second-order valence-corrected chi connectivity index (χ2v) is 5.22. The first-order valence-corrected chi connectivity index (χ1v) is 7.18. The molecule has 20 heavy (non-hydrogen) atoms. The van der Waals surface area contributed by atoms with Crippen LogP contribution in [0, 0.1) is 0 Å². The Labute approximate surface area is 125 Å². The van der Waals surface area contributed by atoms with E-state index in [2.05, 4.69) is 35.2 Å². The van der Waals surface area contributed by atoms with Crippen LogP contribution in [0.25, 0.3) is 0 Å². The maximum absolute atomic E-state index is 6.19. The number of aromatic nitrogens is 1. The van der Waals surface area contributed by atoms with E-state index in [0.717, 1.165) is 41.7 Å². The lowest BCUT2D eigenvalue weighted by molar-refractivity contribution is 0.315. The predicted octanol–water partition coefficient (Wildman–Crippen LogP) is 3.80. The van der Waals surface area contributed by atoms with Gasteiger partial charge in [0.25, 0.3) is 0 Å². The maximum Gasteiger partial charge on any atom is 0.126 e. The van der Waals surface area contributed by atoms with Crippen LogP contribution in [0.4, 0.5) is 5.82 Å². The van der Waals surface area contributed by atoms with E-state index in [4.69, 9.17) is 11.6 Å². The molecule has 0 saturated carbocycles. The molecule has 0 spiro atoms. The van der Waals surface area contributed by atoms with Crippen molar-refractivity contribution in [3.8, 4) is 0 Å². The van der Waals surface area contributed by atoms with E-state index in [1.165, 1.54) is 0 Å². The Morgan fingerprint density at radius 3 is 2.65 bits per heavy atom. The molecule has 0 atom stereocenters. The van der Waals surface area contributed by atoms with E-state index >= 15 is 0 Å². The van der Waals surface area contributed by atoms with Crippen LogP contribution in [0.3, 0.4) is 0 Å².